The van der Waals surface area contributed by atoms with Crippen molar-refractivity contribution in [1.29, 1.82) is 0 Å². The van der Waals surface area contributed by atoms with Crippen LogP contribution in [-0.2, 0) is 0 Å². The van der Waals surface area contributed by atoms with Crippen molar-refractivity contribution in [3.8, 4) is 0 Å². The maximum Gasteiger partial charge on any atom is 0.125 e. The molecule has 1 aliphatic rings. The topological polar surface area (TPSA) is 15.3 Å². The van der Waals surface area contributed by atoms with Crippen molar-refractivity contribution < 1.29 is 4.39 Å². The summed E-state index contributed by atoms with van der Waals surface area (Å²) in [5.41, 5.74) is 3.22. The standard InChI is InChI=1S/C18H21FN2/c1-13-8-16(19)10-17(9-13)21-12-18(20-11-14(21)2)15-6-4-3-5-7-15/h3-10,14,18,20H,11-12H2,1-2H3. The molecule has 21 heavy (non-hydrogen) atoms. The molecule has 110 valence electrons. The number of nitrogens with zero attached hydrogens (tertiary/aromatic N) is 1. The van der Waals surface area contributed by atoms with Gasteiger partial charge in [-0.25, -0.2) is 4.39 Å². The van der Waals surface area contributed by atoms with E-state index in [4.69, 9.17) is 0 Å². The van der Waals surface area contributed by atoms with Gasteiger partial charge in [0.15, 0.2) is 0 Å². The van der Waals surface area contributed by atoms with Gasteiger partial charge in [0.25, 0.3) is 0 Å². The first-order valence-corrected chi connectivity index (χ1v) is 7.45. The molecule has 0 aromatic heterocycles. The summed E-state index contributed by atoms with van der Waals surface area (Å²) >= 11 is 0. The molecule has 2 nitrogen and oxygen atoms in total. The molecule has 3 heteroatoms. The minimum atomic E-state index is -0.160. The monoisotopic (exact) mass is 284 g/mol. The van der Waals surface area contributed by atoms with Crippen molar-refractivity contribution in [2.24, 2.45) is 0 Å². The predicted molar refractivity (Wildman–Crippen MR) is 85.1 cm³/mol. The number of rotatable bonds is 2. The molecule has 0 amide bonds. The zero-order chi connectivity index (χ0) is 14.8. The summed E-state index contributed by atoms with van der Waals surface area (Å²) < 4.78 is 13.7. The SMILES string of the molecule is Cc1cc(F)cc(N2CC(c3ccccc3)NCC2C)c1. The Morgan fingerprint density at radius 2 is 1.90 bits per heavy atom. The van der Waals surface area contributed by atoms with Crippen LogP contribution in [-0.4, -0.2) is 19.1 Å². The first-order valence-electron chi connectivity index (χ1n) is 7.45. The van der Waals surface area contributed by atoms with Gasteiger partial charge >= 0.3 is 0 Å². The average molecular weight is 284 g/mol. The molecule has 1 heterocycles. The minimum absolute atomic E-state index is 0.160. The highest BCUT2D eigenvalue weighted by atomic mass is 19.1. The summed E-state index contributed by atoms with van der Waals surface area (Å²) in [7, 11) is 0. The maximum absolute atomic E-state index is 13.7. The fraction of sp³-hybridized carbons (Fsp3) is 0.333. The van der Waals surface area contributed by atoms with Crippen LogP contribution < -0.4 is 10.2 Å². The van der Waals surface area contributed by atoms with Crippen LogP contribution in [0, 0.1) is 12.7 Å². The zero-order valence-electron chi connectivity index (χ0n) is 12.5. The van der Waals surface area contributed by atoms with E-state index in [-0.39, 0.29) is 11.9 Å². The Hall–Kier alpha value is -1.87. The van der Waals surface area contributed by atoms with Crippen LogP contribution in [0.1, 0.15) is 24.1 Å². The molecule has 0 saturated carbocycles. The van der Waals surface area contributed by atoms with E-state index in [0.29, 0.717) is 6.04 Å². The van der Waals surface area contributed by atoms with Crippen molar-refractivity contribution in [3.05, 3.63) is 65.5 Å². The number of benzene rings is 2. The molecule has 1 fully saturated rings. The van der Waals surface area contributed by atoms with Crippen molar-refractivity contribution in [2.75, 3.05) is 18.0 Å². The van der Waals surface area contributed by atoms with E-state index in [0.717, 1.165) is 24.3 Å². The van der Waals surface area contributed by atoms with Gasteiger partial charge in [-0.3, -0.25) is 0 Å². The third kappa shape index (κ3) is 3.08. The highest BCUT2D eigenvalue weighted by Crippen LogP contribution is 2.26. The molecule has 0 radical (unpaired) electrons. The molecule has 0 bridgehead atoms. The van der Waals surface area contributed by atoms with E-state index in [1.165, 1.54) is 5.56 Å². The van der Waals surface area contributed by atoms with Crippen LogP contribution in [0.15, 0.2) is 48.5 Å². The first-order chi connectivity index (χ1) is 10.1. The van der Waals surface area contributed by atoms with Gasteiger partial charge in [0.1, 0.15) is 5.82 Å². The lowest BCUT2D eigenvalue weighted by atomic mass is 10.0. The molecular weight excluding hydrogens is 263 g/mol. The van der Waals surface area contributed by atoms with Crippen molar-refractivity contribution in [1.82, 2.24) is 5.32 Å². The lowest BCUT2D eigenvalue weighted by Crippen LogP contribution is -2.51. The second-order valence-corrected chi connectivity index (χ2v) is 5.86. The quantitative estimate of drug-likeness (QED) is 0.905. The molecule has 0 aliphatic carbocycles. The number of halogens is 1. The fourth-order valence-electron chi connectivity index (χ4n) is 3.02. The molecule has 2 atom stereocenters. The van der Waals surface area contributed by atoms with E-state index in [2.05, 4.69) is 47.5 Å². The average Bonchev–Trinajstić information content (AvgIpc) is 2.47. The van der Waals surface area contributed by atoms with E-state index in [1.807, 2.05) is 13.0 Å². The molecule has 1 aliphatic heterocycles. The Bertz CT molecular complexity index is 592. The van der Waals surface area contributed by atoms with Crippen LogP contribution in [0.4, 0.5) is 10.1 Å². The van der Waals surface area contributed by atoms with E-state index in [1.54, 1.807) is 12.1 Å². The van der Waals surface area contributed by atoms with Crippen LogP contribution in [0.2, 0.25) is 0 Å². The van der Waals surface area contributed by atoms with Crippen LogP contribution >= 0.6 is 0 Å². The van der Waals surface area contributed by atoms with Crippen molar-refractivity contribution in [2.45, 2.75) is 25.9 Å². The predicted octanol–water partition coefficient (Wildman–Crippen LogP) is 3.67. The largest absolute Gasteiger partial charge is 0.366 e. The molecule has 1 N–H and O–H groups in total. The summed E-state index contributed by atoms with van der Waals surface area (Å²) in [6.45, 7) is 5.87. The highest BCUT2D eigenvalue weighted by Gasteiger charge is 2.26. The van der Waals surface area contributed by atoms with Gasteiger partial charge < -0.3 is 10.2 Å². The lowest BCUT2D eigenvalue weighted by Gasteiger charge is -2.40. The molecule has 2 aromatic rings. The third-order valence-electron chi connectivity index (χ3n) is 4.13. The van der Waals surface area contributed by atoms with Gasteiger partial charge in [-0.15, -0.1) is 0 Å². The number of hydrogen-bond donors (Lipinski definition) is 1. The minimum Gasteiger partial charge on any atom is -0.366 e. The van der Waals surface area contributed by atoms with Crippen LogP contribution in [0.5, 0.6) is 0 Å². The maximum atomic E-state index is 13.7. The number of aryl methyl sites for hydroxylation is 1. The Morgan fingerprint density at radius 1 is 1.14 bits per heavy atom. The number of piperazine rings is 1. The van der Waals surface area contributed by atoms with Gasteiger partial charge in [-0.1, -0.05) is 30.3 Å². The summed E-state index contributed by atoms with van der Waals surface area (Å²) in [5, 5.41) is 3.58. The van der Waals surface area contributed by atoms with Gasteiger partial charge in [0, 0.05) is 30.9 Å². The number of hydrogen-bond acceptors (Lipinski definition) is 2. The zero-order valence-corrected chi connectivity index (χ0v) is 12.5. The van der Waals surface area contributed by atoms with Gasteiger partial charge in [-0.2, -0.15) is 0 Å². The number of anilines is 1. The lowest BCUT2D eigenvalue weighted by molar-refractivity contribution is 0.414. The Balaban J connectivity index is 1.87. The molecule has 0 spiro atoms. The van der Waals surface area contributed by atoms with Crippen LogP contribution in [0.3, 0.4) is 0 Å². The summed E-state index contributed by atoms with van der Waals surface area (Å²) in [5.74, 6) is -0.160. The second-order valence-electron chi connectivity index (χ2n) is 5.86. The molecule has 2 aromatic carbocycles. The summed E-state index contributed by atoms with van der Waals surface area (Å²) in [6.07, 6.45) is 0. The molecule has 2 unspecified atom stereocenters. The second kappa shape index (κ2) is 5.86. The number of nitrogens with one attached hydrogen (secondary N) is 1. The van der Waals surface area contributed by atoms with E-state index in [9.17, 15) is 4.39 Å². The third-order valence-corrected chi connectivity index (χ3v) is 4.13. The summed E-state index contributed by atoms with van der Waals surface area (Å²) in [4.78, 5) is 2.30. The van der Waals surface area contributed by atoms with Crippen molar-refractivity contribution >= 4 is 5.69 Å². The highest BCUT2D eigenvalue weighted by molar-refractivity contribution is 5.51. The molecular formula is C18H21FN2. The van der Waals surface area contributed by atoms with Gasteiger partial charge in [-0.05, 0) is 43.2 Å². The molecule has 1 saturated heterocycles. The van der Waals surface area contributed by atoms with Crippen molar-refractivity contribution in [3.63, 3.8) is 0 Å². The normalized spacial score (nSPS) is 22.3. The first kappa shape index (κ1) is 14.1. The summed E-state index contributed by atoms with van der Waals surface area (Å²) in [6, 6.07) is 16.3. The van der Waals surface area contributed by atoms with Gasteiger partial charge in [0.2, 0.25) is 0 Å². The van der Waals surface area contributed by atoms with Gasteiger partial charge in [0.05, 0.1) is 0 Å². The van der Waals surface area contributed by atoms with E-state index >= 15 is 0 Å². The van der Waals surface area contributed by atoms with E-state index < -0.39 is 0 Å². The Morgan fingerprint density at radius 3 is 2.62 bits per heavy atom. The Kier molecular flexibility index (Phi) is 3.93. The Labute approximate surface area is 125 Å². The molecule has 3 rings (SSSR count). The smallest absolute Gasteiger partial charge is 0.125 e. The fourth-order valence-corrected chi connectivity index (χ4v) is 3.02. The van der Waals surface area contributed by atoms with Crippen LogP contribution in [0.25, 0.3) is 0 Å².